The van der Waals surface area contributed by atoms with Crippen molar-refractivity contribution in [1.29, 1.82) is 0 Å². The van der Waals surface area contributed by atoms with E-state index < -0.39 is 0 Å². The van der Waals surface area contributed by atoms with Crippen molar-refractivity contribution >= 4 is 6.09 Å². The number of carbonyl (C=O) groups is 1. The second kappa shape index (κ2) is 9.50. The molecule has 2 atom stereocenters. The molecule has 0 saturated carbocycles. The van der Waals surface area contributed by atoms with Crippen LogP contribution in [0.25, 0.3) is 11.1 Å². The summed E-state index contributed by atoms with van der Waals surface area (Å²) in [4.78, 5) is 15.4. The molecule has 0 spiro atoms. The van der Waals surface area contributed by atoms with Gasteiger partial charge in [0, 0.05) is 6.54 Å². The SMILES string of the molecule is CCCOc1c(C)cc(-c2ccc3c(c2)CC(C)(C)C3NC(=O)O[C@H]2CN3CCC2CC3)cc1C. The number of rotatable bonds is 6. The van der Waals surface area contributed by atoms with E-state index in [1.165, 1.54) is 33.4 Å². The van der Waals surface area contributed by atoms with E-state index in [0.29, 0.717) is 5.92 Å². The number of hydrogen-bond donors (Lipinski definition) is 1. The van der Waals surface area contributed by atoms with Gasteiger partial charge in [-0.1, -0.05) is 39.0 Å². The monoisotopic (exact) mass is 476 g/mol. The molecule has 1 amide bonds. The minimum absolute atomic E-state index is 0.0274. The highest BCUT2D eigenvalue weighted by atomic mass is 16.6. The van der Waals surface area contributed by atoms with E-state index in [-0.39, 0.29) is 23.7 Å². The Morgan fingerprint density at radius 1 is 1.09 bits per heavy atom. The van der Waals surface area contributed by atoms with Crippen molar-refractivity contribution in [3.63, 3.8) is 0 Å². The predicted octanol–water partition coefficient (Wildman–Crippen LogP) is 6.20. The van der Waals surface area contributed by atoms with Crippen LogP contribution in [0, 0.1) is 25.2 Å². The quantitative estimate of drug-likeness (QED) is 0.539. The summed E-state index contributed by atoms with van der Waals surface area (Å²) in [5.41, 5.74) is 7.21. The van der Waals surface area contributed by atoms with E-state index in [0.717, 1.165) is 57.7 Å². The summed E-state index contributed by atoms with van der Waals surface area (Å²) >= 11 is 0. The molecule has 1 N–H and O–H groups in total. The fourth-order valence-electron chi connectivity index (χ4n) is 6.39. The van der Waals surface area contributed by atoms with Crippen LogP contribution in [-0.4, -0.2) is 43.3 Å². The fourth-order valence-corrected chi connectivity index (χ4v) is 6.39. The van der Waals surface area contributed by atoms with E-state index in [4.69, 9.17) is 9.47 Å². The van der Waals surface area contributed by atoms with E-state index in [9.17, 15) is 4.79 Å². The highest BCUT2D eigenvalue weighted by molar-refractivity contribution is 5.71. The van der Waals surface area contributed by atoms with Crippen molar-refractivity contribution in [3.05, 3.63) is 52.6 Å². The molecular weight excluding hydrogens is 436 g/mol. The van der Waals surface area contributed by atoms with E-state index in [1.54, 1.807) is 0 Å². The second-order valence-electron chi connectivity index (χ2n) is 11.5. The molecule has 2 aromatic rings. The number of amides is 1. The lowest BCUT2D eigenvalue weighted by molar-refractivity contribution is -0.0348. The Morgan fingerprint density at radius 2 is 1.80 bits per heavy atom. The molecular formula is C30H40N2O3. The molecule has 0 radical (unpaired) electrons. The minimum Gasteiger partial charge on any atom is -0.493 e. The summed E-state index contributed by atoms with van der Waals surface area (Å²) in [6.07, 6.45) is 3.97. The minimum atomic E-state index is -0.271. The van der Waals surface area contributed by atoms with Crippen molar-refractivity contribution in [2.24, 2.45) is 11.3 Å². The van der Waals surface area contributed by atoms with Gasteiger partial charge >= 0.3 is 6.09 Å². The molecule has 1 aliphatic carbocycles. The Hall–Kier alpha value is -2.53. The molecule has 5 nitrogen and oxygen atoms in total. The number of hydrogen-bond acceptors (Lipinski definition) is 4. The lowest BCUT2D eigenvalue weighted by Gasteiger charge is -2.44. The van der Waals surface area contributed by atoms with Gasteiger partial charge in [0.25, 0.3) is 0 Å². The number of carbonyl (C=O) groups excluding carboxylic acids is 1. The molecule has 3 heterocycles. The van der Waals surface area contributed by atoms with Gasteiger partial charge in [-0.2, -0.15) is 0 Å². The van der Waals surface area contributed by atoms with Crippen LogP contribution < -0.4 is 10.1 Å². The highest BCUT2D eigenvalue weighted by Crippen LogP contribution is 2.46. The molecule has 2 bridgehead atoms. The van der Waals surface area contributed by atoms with Crippen LogP contribution in [0.15, 0.2) is 30.3 Å². The van der Waals surface area contributed by atoms with E-state index in [2.05, 4.69) is 75.2 Å². The van der Waals surface area contributed by atoms with Crippen LogP contribution in [0.1, 0.15) is 68.3 Å². The number of alkyl carbamates (subject to hydrolysis) is 1. The molecule has 1 unspecified atom stereocenters. The Kier molecular flexibility index (Phi) is 6.56. The van der Waals surface area contributed by atoms with Gasteiger partial charge < -0.3 is 14.8 Å². The van der Waals surface area contributed by atoms with Gasteiger partial charge in [-0.3, -0.25) is 4.90 Å². The third-order valence-corrected chi connectivity index (χ3v) is 8.24. The maximum absolute atomic E-state index is 12.9. The second-order valence-corrected chi connectivity index (χ2v) is 11.5. The number of benzene rings is 2. The van der Waals surface area contributed by atoms with Crippen molar-refractivity contribution in [2.75, 3.05) is 26.2 Å². The number of nitrogens with one attached hydrogen (secondary N) is 1. The predicted molar refractivity (Wildman–Crippen MR) is 140 cm³/mol. The molecule has 3 fully saturated rings. The zero-order valence-electron chi connectivity index (χ0n) is 21.9. The van der Waals surface area contributed by atoms with E-state index in [1.807, 2.05) is 0 Å². The molecule has 35 heavy (non-hydrogen) atoms. The van der Waals surface area contributed by atoms with Crippen molar-refractivity contribution in [1.82, 2.24) is 10.2 Å². The topological polar surface area (TPSA) is 50.8 Å². The smallest absolute Gasteiger partial charge is 0.407 e. The van der Waals surface area contributed by atoms with Crippen LogP contribution >= 0.6 is 0 Å². The number of ether oxygens (including phenoxy) is 2. The molecule has 3 aliphatic heterocycles. The summed E-state index contributed by atoms with van der Waals surface area (Å²) < 4.78 is 11.9. The summed E-state index contributed by atoms with van der Waals surface area (Å²) in [6.45, 7) is 14.8. The molecule has 3 saturated heterocycles. The third-order valence-electron chi connectivity index (χ3n) is 8.24. The molecule has 0 aromatic heterocycles. The van der Waals surface area contributed by atoms with Gasteiger partial charge in [0.1, 0.15) is 11.9 Å². The van der Waals surface area contributed by atoms with Gasteiger partial charge in [0.15, 0.2) is 0 Å². The Balaban J connectivity index is 1.33. The van der Waals surface area contributed by atoms with Gasteiger partial charge in [0.05, 0.1) is 12.6 Å². The summed E-state index contributed by atoms with van der Waals surface area (Å²) in [6, 6.07) is 11.1. The Labute approximate surface area is 210 Å². The average Bonchev–Trinajstić information content (AvgIpc) is 3.07. The number of fused-ring (bicyclic) bond motifs is 4. The first-order chi connectivity index (χ1) is 16.7. The van der Waals surface area contributed by atoms with Gasteiger partial charge in [0.2, 0.25) is 0 Å². The lowest BCUT2D eigenvalue weighted by atomic mass is 9.85. The van der Waals surface area contributed by atoms with Gasteiger partial charge in [-0.05, 0) is 109 Å². The first-order valence-corrected chi connectivity index (χ1v) is 13.3. The molecule has 188 valence electrons. The van der Waals surface area contributed by atoms with Crippen LogP contribution in [0.3, 0.4) is 0 Å². The largest absolute Gasteiger partial charge is 0.493 e. The number of nitrogens with zero attached hydrogens (tertiary/aromatic N) is 1. The zero-order valence-corrected chi connectivity index (χ0v) is 21.9. The summed E-state index contributed by atoms with van der Waals surface area (Å²) in [5, 5.41) is 3.24. The first-order valence-electron chi connectivity index (χ1n) is 13.3. The Morgan fingerprint density at radius 3 is 2.43 bits per heavy atom. The summed E-state index contributed by atoms with van der Waals surface area (Å²) in [5.74, 6) is 1.52. The molecule has 4 aliphatic rings. The maximum Gasteiger partial charge on any atom is 0.407 e. The number of piperidine rings is 3. The van der Waals surface area contributed by atoms with Crippen LogP contribution in [0.2, 0.25) is 0 Å². The highest BCUT2D eigenvalue weighted by Gasteiger charge is 2.42. The molecule has 2 aromatic carbocycles. The zero-order chi connectivity index (χ0) is 24.7. The van der Waals surface area contributed by atoms with Crippen LogP contribution in [-0.2, 0) is 11.2 Å². The van der Waals surface area contributed by atoms with Crippen molar-refractivity contribution < 1.29 is 14.3 Å². The first kappa shape index (κ1) is 24.2. The Bertz CT molecular complexity index is 1080. The van der Waals surface area contributed by atoms with Crippen LogP contribution in [0.5, 0.6) is 5.75 Å². The molecule has 6 rings (SSSR count). The number of aryl methyl sites for hydroxylation is 2. The van der Waals surface area contributed by atoms with Crippen molar-refractivity contribution in [2.45, 2.75) is 72.4 Å². The normalized spacial score (nSPS) is 26.3. The van der Waals surface area contributed by atoms with Crippen LogP contribution in [0.4, 0.5) is 4.79 Å². The average molecular weight is 477 g/mol. The third kappa shape index (κ3) is 4.80. The van der Waals surface area contributed by atoms with Crippen molar-refractivity contribution in [3.8, 4) is 16.9 Å². The van der Waals surface area contributed by atoms with Gasteiger partial charge in [-0.25, -0.2) is 4.79 Å². The lowest BCUT2D eigenvalue weighted by Crippen LogP contribution is -2.53. The molecule has 5 heteroatoms. The fraction of sp³-hybridized carbons (Fsp3) is 0.567. The maximum atomic E-state index is 12.9. The standard InChI is InChI=1S/C30H40N2O3/c1-6-13-34-27-19(2)14-23(15-20(27)3)22-7-8-25-24(16-22)17-30(4,5)28(25)31-29(33)35-26-18-32-11-9-21(26)10-12-32/h7-8,14-16,21,26,28H,6,9-13,17-18H2,1-5H3,(H,31,33)/t26-,28?/m0/s1. The summed E-state index contributed by atoms with van der Waals surface area (Å²) in [7, 11) is 0. The van der Waals surface area contributed by atoms with Gasteiger partial charge in [-0.15, -0.1) is 0 Å². The van der Waals surface area contributed by atoms with E-state index >= 15 is 0 Å².